The molecule has 2 N–H and O–H groups in total. The monoisotopic (exact) mass is 366 g/mol. The van der Waals surface area contributed by atoms with Crippen molar-refractivity contribution in [3.63, 3.8) is 0 Å². The molecule has 0 heterocycles. The lowest BCUT2D eigenvalue weighted by atomic mass is 10.2. The lowest BCUT2D eigenvalue weighted by molar-refractivity contribution is -0.384. The van der Waals surface area contributed by atoms with Gasteiger partial charge in [-0.15, -0.1) is 0 Å². The minimum Gasteiger partial charge on any atom is -0.376 e. The van der Waals surface area contributed by atoms with Gasteiger partial charge >= 0.3 is 6.18 Å². The molecule has 0 atom stereocenters. The van der Waals surface area contributed by atoms with Gasteiger partial charge in [0, 0.05) is 17.8 Å². The van der Waals surface area contributed by atoms with Gasteiger partial charge in [0.25, 0.3) is 11.6 Å². The second-order valence-electron chi connectivity index (χ2n) is 5.07. The van der Waals surface area contributed by atoms with E-state index in [0.717, 1.165) is 12.1 Å². The number of nitro benzene ring substituents is 1. The SMILES string of the molecule is O=C(CNc1cccc(C(F)(F)F)c1)N/N=C\c1ccc([N+](=O)[O-])cc1. The summed E-state index contributed by atoms with van der Waals surface area (Å²) in [4.78, 5) is 21.6. The van der Waals surface area contributed by atoms with Crippen LogP contribution in [-0.2, 0) is 11.0 Å². The topological polar surface area (TPSA) is 96.6 Å². The molecular formula is C16H13F3N4O3. The van der Waals surface area contributed by atoms with Crippen molar-refractivity contribution in [1.29, 1.82) is 0 Å². The summed E-state index contributed by atoms with van der Waals surface area (Å²) >= 11 is 0. The number of carbonyl (C=O) groups is 1. The number of halogens is 3. The van der Waals surface area contributed by atoms with Crippen LogP contribution < -0.4 is 10.7 Å². The number of nitro groups is 1. The third-order valence-electron chi connectivity index (χ3n) is 3.15. The molecule has 0 aromatic heterocycles. The lowest BCUT2D eigenvalue weighted by Crippen LogP contribution is -2.26. The van der Waals surface area contributed by atoms with Crippen molar-refractivity contribution < 1.29 is 22.9 Å². The quantitative estimate of drug-likeness (QED) is 0.466. The van der Waals surface area contributed by atoms with Crippen LogP contribution in [0.3, 0.4) is 0 Å². The fourth-order valence-electron chi connectivity index (χ4n) is 1.89. The first kappa shape index (κ1) is 18.9. The van der Waals surface area contributed by atoms with Crippen molar-refractivity contribution in [2.24, 2.45) is 5.10 Å². The highest BCUT2D eigenvalue weighted by molar-refractivity contribution is 5.84. The molecule has 2 rings (SSSR count). The summed E-state index contributed by atoms with van der Waals surface area (Å²) in [7, 11) is 0. The number of amides is 1. The first-order chi connectivity index (χ1) is 12.3. The van der Waals surface area contributed by atoms with Crippen molar-refractivity contribution in [3.05, 3.63) is 69.8 Å². The Hall–Kier alpha value is -3.43. The maximum Gasteiger partial charge on any atom is 0.416 e. The summed E-state index contributed by atoms with van der Waals surface area (Å²) in [6.07, 6.45) is -3.18. The molecule has 2 aromatic carbocycles. The van der Waals surface area contributed by atoms with Gasteiger partial charge < -0.3 is 5.32 Å². The average molecular weight is 366 g/mol. The maximum atomic E-state index is 12.6. The molecule has 0 spiro atoms. The van der Waals surface area contributed by atoms with E-state index in [1.165, 1.54) is 42.6 Å². The number of alkyl halides is 3. The zero-order chi connectivity index (χ0) is 19.2. The van der Waals surface area contributed by atoms with Gasteiger partial charge in [-0.1, -0.05) is 6.07 Å². The van der Waals surface area contributed by atoms with E-state index in [9.17, 15) is 28.1 Å². The molecule has 0 aliphatic carbocycles. The average Bonchev–Trinajstić information content (AvgIpc) is 2.60. The summed E-state index contributed by atoms with van der Waals surface area (Å²) in [6.45, 7) is -0.279. The van der Waals surface area contributed by atoms with Gasteiger partial charge in [-0.3, -0.25) is 14.9 Å². The molecule has 0 radical (unpaired) electrons. The van der Waals surface area contributed by atoms with Crippen molar-refractivity contribution in [3.8, 4) is 0 Å². The van der Waals surface area contributed by atoms with Crippen LogP contribution in [0.15, 0.2) is 53.6 Å². The van der Waals surface area contributed by atoms with Gasteiger partial charge in [-0.2, -0.15) is 18.3 Å². The zero-order valence-electron chi connectivity index (χ0n) is 13.2. The van der Waals surface area contributed by atoms with E-state index in [0.29, 0.717) is 5.56 Å². The Kier molecular flexibility index (Phi) is 5.89. The molecule has 26 heavy (non-hydrogen) atoms. The standard InChI is InChI=1S/C16H13F3N4O3/c17-16(18,19)12-2-1-3-13(8-12)20-10-15(24)22-21-9-11-4-6-14(7-5-11)23(25)26/h1-9,20H,10H2,(H,22,24)/b21-9-. The largest absolute Gasteiger partial charge is 0.416 e. The fourth-order valence-corrected chi connectivity index (χ4v) is 1.89. The summed E-state index contributed by atoms with van der Waals surface area (Å²) in [5.74, 6) is -0.569. The Morgan fingerprint density at radius 3 is 2.50 bits per heavy atom. The predicted molar refractivity (Wildman–Crippen MR) is 88.8 cm³/mol. The molecule has 1 amide bonds. The van der Waals surface area contributed by atoms with Crippen LogP contribution >= 0.6 is 0 Å². The van der Waals surface area contributed by atoms with Crippen molar-refractivity contribution in [1.82, 2.24) is 5.43 Å². The number of non-ortho nitro benzene ring substituents is 1. The van der Waals surface area contributed by atoms with Crippen molar-refractivity contribution >= 4 is 23.5 Å². The number of hydrogen-bond donors (Lipinski definition) is 2. The molecule has 10 heteroatoms. The van der Waals surface area contributed by atoms with E-state index in [-0.39, 0.29) is 17.9 Å². The summed E-state index contributed by atoms with van der Waals surface area (Å²) in [5.41, 5.74) is 1.98. The van der Waals surface area contributed by atoms with Crippen LogP contribution in [-0.4, -0.2) is 23.6 Å². The molecule has 0 aliphatic heterocycles. The lowest BCUT2D eigenvalue weighted by Gasteiger charge is -2.09. The Labute approximate surface area is 145 Å². The fraction of sp³-hybridized carbons (Fsp3) is 0.125. The molecule has 2 aromatic rings. The van der Waals surface area contributed by atoms with Crippen LogP contribution in [0.5, 0.6) is 0 Å². The summed E-state index contributed by atoms with van der Waals surface area (Å²) < 4.78 is 37.8. The van der Waals surface area contributed by atoms with Crippen molar-refractivity contribution in [2.45, 2.75) is 6.18 Å². The smallest absolute Gasteiger partial charge is 0.376 e. The molecule has 7 nitrogen and oxygen atoms in total. The number of hydrazone groups is 1. The summed E-state index contributed by atoms with van der Waals surface area (Å²) in [5, 5.41) is 16.8. The number of hydrogen-bond acceptors (Lipinski definition) is 5. The first-order valence-electron chi connectivity index (χ1n) is 7.23. The van der Waals surface area contributed by atoms with Crippen LogP contribution in [0.1, 0.15) is 11.1 Å². The Balaban J connectivity index is 1.84. The summed E-state index contributed by atoms with van der Waals surface area (Å²) in [6, 6.07) is 9.95. The van der Waals surface area contributed by atoms with E-state index in [1.807, 2.05) is 0 Å². The third-order valence-corrected chi connectivity index (χ3v) is 3.15. The molecule has 0 saturated carbocycles. The molecule has 136 valence electrons. The van der Waals surface area contributed by atoms with Gasteiger partial charge in [0.1, 0.15) is 0 Å². The van der Waals surface area contributed by atoms with Crippen LogP contribution in [0.25, 0.3) is 0 Å². The van der Waals surface area contributed by atoms with Gasteiger partial charge in [-0.25, -0.2) is 5.43 Å². The number of anilines is 1. The molecule has 0 fully saturated rings. The Morgan fingerprint density at radius 2 is 1.88 bits per heavy atom. The molecule has 0 saturated heterocycles. The highest BCUT2D eigenvalue weighted by Gasteiger charge is 2.30. The number of nitrogens with one attached hydrogen (secondary N) is 2. The number of rotatable bonds is 6. The Bertz CT molecular complexity index is 820. The second kappa shape index (κ2) is 8.10. The molecule has 0 bridgehead atoms. The zero-order valence-corrected chi connectivity index (χ0v) is 13.2. The minimum absolute atomic E-state index is 0.0727. The number of carbonyl (C=O) groups excluding carboxylic acids is 1. The molecular weight excluding hydrogens is 353 g/mol. The van der Waals surface area contributed by atoms with Crippen LogP contribution in [0.2, 0.25) is 0 Å². The van der Waals surface area contributed by atoms with Gasteiger partial charge in [0.2, 0.25) is 0 Å². The minimum atomic E-state index is -4.46. The van der Waals surface area contributed by atoms with E-state index in [2.05, 4.69) is 15.8 Å². The van der Waals surface area contributed by atoms with E-state index in [1.54, 1.807) is 0 Å². The van der Waals surface area contributed by atoms with Crippen molar-refractivity contribution in [2.75, 3.05) is 11.9 Å². The Morgan fingerprint density at radius 1 is 1.19 bits per heavy atom. The number of nitrogens with zero attached hydrogens (tertiary/aromatic N) is 2. The predicted octanol–water partition coefficient (Wildman–Crippen LogP) is 3.18. The molecule has 0 aliphatic rings. The number of benzene rings is 2. The van der Waals surface area contributed by atoms with Gasteiger partial charge in [0.05, 0.1) is 23.2 Å². The molecule has 0 unspecified atom stereocenters. The van der Waals surface area contributed by atoms with Gasteiger partial charge in [-0.05, 0) is 35.9 Å². The maximum absolute atomic E-state index is 12.6. The van der Waals surface area contributed by atoms with Gasteiger partial charge in [0.15, 0.2) is 0 Å². The van der Waals surface area contributed by atoms with E-state index < -0.39 is 22.6 Å². The third kappa shape index (κ3) is 5.58. The van der Waals surface area contributed by atoms with E-state index >= 15 is 0 Å². The van der Waals surface area contributed by atoms with Crippen LogP contribution in [0, 0.1) is 10.1 Å². The first-order valence-corrected chi connectivity index (χ1v) is 7.23. The van der Waals surface area contributed by atoms with Crippen LogP contribution in [0.4, 0.5) is 24.5 Å². The highest BCUT2D eigenvalue weighted by atomic mass is 19.4. The highest BCUT2D eigenvalue weighted by Crippen LogP contribution is 2.30. The normalized spacial score (nSPS) is 11.3. The van der Waals surface area contributed by atoms with E-state index in [4.69, 9.17) is 0 Å². The second-order valence-corrected chi connectivity index (χ2v) is 5.07.